The second-order valence-corrected chi connectivity index (χ2v) is 7.96. The maximum atomic E-state index is 14.1. The Labute approximate surface area is 195 Å². The number of carbonyl (C=O) groups is 1. The normalized spacial score (nSPS) is 14.7. The van der Waals surface area contributed by atoms with Crippen LogP contribution in [0.4, 0.5) is 15.0 Å². The molecule has 3 heterocycles. The number of amides is 2. The molecule has 10 heteroatoms. The fraction of sp³-hybridized carbons (Fsp3) is 0.304. The molecule has 0 aliphatic carbocycles. The number of ether oxygens (including phenoxy) is 2. The molecule has 0 radical (unpaired) electrons. The molecule has 0 bridgehead atoms. The molecule has 2 amide bonds. The van der Waals surface area contributed by atoms with Gasteiger partial charge in [0.15, 0.2) is 11.4 Å². The predicted molar refractivity (Wildman–Crippen MR) is 124 cm³/mol. The average Bonchev–Trinajstić information content (AvgIpc) is 3.26. The first kappa shape index (κ1) is 22.7. The molecule has 1 aliphatic heterocycles. The van der Waals surface area contributed by atoms with E-state index in [1.807, 2.05) is 6.08 Å². The Morgan fingerprint density at radius 2 is 2.21 bits per heavy atom. The van der Waals surface area contributed by atoms with Gasteiger partial charge in [-0.2, -0.15) is 0 Å². The highest BCUT2D eigenvalue weighted by Gasteiger charge is 2.25. The van der Waals surface area contributed by atoms with Gasteiger partial charge in [-0.3, -0.25) is 0 Å². The van der Waals surface area contributed by atoms with Gasteiger partial charge in [-0.1, -0.05) is 17.7 Å². The molecule has 0 saturated carbocycles. The van der Waals surface area contributed by atoms with Crippen molar-refractivity contribution in [3.05, 3.63) is 52.6 Å². The van der Waals surface area contributed by atoms with Gasteiger partial charge < -0.3 is 29.8 Å². The fourth-order valence-electron chi connectivity index (χ4n) is 3.94. The van der Waals surface area contributed by atoms with Crippen molar-refractivity contribution in [3.63, 3.8) is 0 Å². The zero-order valence-electron chi connectivity index (χ0n) is 18.4. The van der Waals surface area contributed by atoms with Crippen molar-refractivity contribution in [2.45, 2.75) is 19.4 Å². The van der Waals surface area contributed by atoms with Crippen molar-refractivity contribution in [2.75, 3.05) is 33.0 Å². The number of methoxy groups -OCH3 is 1. The summed E-state index contributed by atoms with van der Waals surface area (Å²) in [6, 6.07) is 2.60. The summed E-state index contributed by atoms with van der Waals surface area (Å²) in [5.74, 6) is 0.172. The number of fused-ring (bicyclic) bond motifs is 1. The van der Waals surface area contributed by atoms with Crippen molar-refractivity contribution in [1.29, 1.82) is 0 Å². The highest BCUT2D eigenvalue weighted by atomic mass is 35.5. The van der Waals surface area contributed by atoms with E-state index < -0.39 is 11.9 Å². The molecular weight excluding hydrogens is 451 g/mol. The third kappa shape index (κ3) is 4.16. The largest absolute Gasteiger partial charge is 0.496 e. The molecule has 4 rings (SSSR count). The maximum absolute atomic E-state index is 14.1. The summed E-state index contributed by atoms with van der Waals surface area (Å²) in [5.41, 5.74) is 8.77. The van der Waals surface area contributed by atoms with Crippen LogP contribution in [0.2, 0.25) is 5.02 Å². The van der Waals surface area contributed by atoms with Gasteiger partial charge in [0.25, 0.3) is 0 Å². The van der Waals surface area contributed by atoms with Crippen molar-refractivity contribution in [2.24, 2.45) is 0 Å². The Hall–Kier alpha value is -3.46. The Balaban J connectivity index is 1.68. The summed E-state index contributed by atoms with van der Waals surface area (Å²) in [6.45, 7) is 2.78. The van der Waals surface area contributed by atoms with E-state index >= 15 is 0 Å². The van der Waals surface area contributed by atoms with E-state index in [2.05, 4.69) is 10.3 Å². The standard InChI is InChI=1S/C23H24ClFN4O4/c1-12(18-17(31-3)5-4-16(25)19(18)24)33-21-20-14(10-28-22(21)26)15(11-32-20)13-6-8-29(9-7-13)23(30)27-2/h4-6,10-12H,7-9H2,1-3H3,(H2,26,28)(H,27,30)/t12-/m1/s1. The molecule has 3 N–H and O–H groups in total. The number of urea groups is 1. The number of halogens is 2. The van der Waals surface area contributed by atoms with Crippen LogP contribution in [0.3, 0.4) is 0 Å². The lowest BCUT2D eigenvalue weighted by Crippen LogP contribution is -2.40. The van der Waals surface area contributed by atoms with Crippen LogP contribution in [0.1, 0.15) is 30.6 Å². The predicted octanol–water partition coefficient (Wildman–Crippen LogP) is 4.78. The van der Waals surface area contributed by atoms with Crippen LogP contribution < -0.4 is 20.5 Å². The minimum absolute atomic E-state index is 0.0891. The Kier molecular flexibility index (Phi) is 6.33. The number of aromatic nitrogens is 1. The van der Waals surface area contributed by atoms with E-state index in [9.17, 15) is 9.18 Å². The molecule has 33 heavy (non-hydrogen) atoms. The first-order chi connectivity index (χ1) is 15.8. The Morgan fingerprint density at radius 1 is 1.42 bits per heavy atom. The number of carbonyl (C=O) groups excluding carboxylic acids is 1. The van der Waals surface area contributed by atoms with Crippen LogP contribution in [0.5, 0.6) is 11.5 Å². The molecule has 0 spiro atoms. The van der Waals surface area contributed by atoms with Crippen LogP contribution in [0, 0.1) is 5.82 Å². The van der Waals surface area contributed by atoms with Gasteiger partial charge in [-0.15, -0.1) is 0 Å². The van der Waals surface area contributed by atoms with E-state index in [-0.39, 0.29) is 22.6 Å². The van der Waals surface area contributed by atoms with Gasteiger partial charge >= 0.3 is 6.03 Å². The molecule has 174 valence electrons. The summed E-state index contributed by atoms with van der Waals surface area (Å²) in [5, 5.41) is 3.27. The molecule has 1 atom stereocenters. The third-order valence-electron chi connectivity index (χ3n) is 5.67. The second kappa shape index (κ2) is 9.19. The monoisotopic (exact) mass is 474 g/mol. The van der Waals surface area contributed by atoms with Gasteiger partial charge in [0, 0.05) is 31.9 Å². The minimum atomic E-state index is -0.707. The molecule has 1 aromatic carbocycles. The van der Waals surface area contributed by atoms with Gasteiger partial charge in [0.2, 0.25) is 5.75 Å². The van der Waals surface area contributed by atoms with Crippen LogP contribution in [-0.4, -0.2) is 43.2 Å². The van der Waals surface area contributed by atoms with Gasteiger partial charge in [0.1, 0.15) is 17.7 Å². The first-order valence-electron chi connectivity index (χ1n) is 10.4. The lowest BCUT2D eigenvalue weighted by atomic mass is 9.99. The van der Waals surface area contributed by atoms with Crippen LogP contribution >= 0.6 is 11.6 Å². The Morgan fingerprint density at radius 3 is 2.88 bits per heavy atom. The van der Waals surface area contributed by atoms with Crippen LogP contribution in [0.15, 0.2) is 35.1 Å². The number of nitrogens with two attached hydrogens (primary N) is 1. The SMILES string of the molecule is CNC(=O)N1CC=C(c2coc3c(O[C@H](C)c4c(OC)ccc(F)c4Cl)c(N)ncc23)CC1. The van der Waals surface area contributed by atoms with E-state index in [4.69, 9.17) is 31.2 Å². The Bertz CT molecular complexity index is 1240. The fourth-order valence-corrected chi connectivity index (χ4v) is 4.25. The quantitative estimate of drug-likeness (QED) is 0.551. The van der Waals surface area contributed by atoms with E-state index in [0.717, 1.165) is 16.5 Å². The maximum Gasteiger partial charge on any atom is 0.317 e. The number of benzene rings is 1. The average molecular weight is 475 g/mol. The zero-order chi connectivity index (χ0) is 23.7. The highest BCUT2D eigenvalue weighted by Crippen LogP contribution is 2.41. The lowest BCUT2D eigenvalue weighted by Gasteiger charge is -2.25. The van der Waals surface area contributed by atoms with Crippen LogP contribution in [-0.2, 0) is 0 Å². The number of nitrogens with one attached hydrogen (secondary N) is 1. The van der Waals surface area contributed by atoms with Crippen molar-refractivity contribution < 1.29 is 23.1 Å². The summed E-state index contributed by atoms with van der Waals surface area (Å²) in [7, 11) is 3.08. The number of rotatable bonds is 5. The molecule has 3 aromatic rings. The molecule has 0 saturated heterocycles. The number of hydrogen-bond acceptors (Lipinski definition) is 6. The molecule has 8 nitrogen and oxygen atoms in total. The topological polar surface area (TPSA) is 103 Å². The van der Waals surface area contributed by atoms with E-state index in [1.165, 1.54) is 19.2 Å². The second-order valence-electron chi connectivity index (χ2n) is 7.58. The van der Waals surface area contributed by atoms with Gasteiger partial charge in [0.05, 0.1) is 29.3 Å². The summed E-state index contributed by atoms with van der Waals surface area (Å²) < 4.78 is 31.4. The number of nitrogen functional groups attached to an aromatic ring is 1. The summed E-state index contributed by atoms with van der Waals surface area (Å²) in [6.07, 6.45) is 5.19. The van der Waals surface area contributed by atoms with Gasteiger partial charge in [-0.25, -0.2) is 14.2 Å². The van der Waals surface area contributed by atoms with Crippen LogP contribution in [0.25, 0.3) is 16.5 Å². The lowest BCUT2D eigenvalue weighted by molar-refractivity contribution is 0.205. The zero-order valence-corrected chi connectivity index (χ0v) is 19.2. The number of nitrogens with zero attached hydrogens (tertiary/aromatic N) is 2. The highest BCUT2D eigenvalue weighted by molar-refractivity contribution is 6.31. The smallest absolute Gasteiger partial charge is 0.317 e. The molecular formula is C23H24ClFN4O4. The summed E-state index contributed by atoms with van der Waals surface area (Å²) in [4.78, 5) is 17.8. The molecule has 0 fully saturated rings. The van der Waals surface area contributed by atoms with Crippen molar-refractivity contribution >= 4 is 40.0 Å². The third-order valence-corrected chi connectivity index (χ3v) is 6.06. The van der Waals surface area contributed by atoms with Crippen molar-refractivity contribution in [3.8, 4) is 11.5 Å². The van der Waals surface area contributed by atoms with Crippen molar-refractivity contribution in [1.82, 2.24) is 15.2 Å². The molecule has 2 aromatic heterocycles. The van der Waals surface area contributed by atoms with E-state index in [0.29, 0.717) is 36.4 Å². The number of furan rings is 1. The molecule has 1 aliphatic rings. The number of anilines is 1. The minimum Gasteiger partial charge on any atom is -0.496 e. The molecule has 0 unspecified atom stereocenters. The van der Waals surface area contributed by atoms with Gasteiger partial charge in [-0.05, 0) is 31.1 Å². The van der Waals surface area contributed by atoms with E-state index in [1.54, 1.807) is 31.3 Å². The number of pyridine rings is 1. The first-order valence-corrected chi connectivity index (χ1v) is 10.7. The number of hydrogen-bond donors (Lipinski definition) is 2. The summed E-state index contributed by atoms with van der Waals surface area (Å²) >= 11 is 6.20.